The smallest absolute Gasteiger partial charge is 0.253 e. The van der Waals surface area contributed by atoms with Crippen molar-refractivity contribution in [3.05, 3.63) is 65.7 Å². The second kappa shape index (κ2) is 7.52. The lowest BCUT2D eigenvalue weighted by Crippen LogP contribution is -2.39. The Morgan fingerprint density at radius 2 is 1.71 bits per heavy atom. The minimum absolute atomic E-state index is 0.0806. The highest BCUT2D eigenvalue weighted by atomic mass is 16.5. The first-order valence-corrected chi connectivity index (χ1v) is 8.65. The molecule has 2 aromatic rings. The molecule has 1 aliphatic carbocycles. The zero-order valence-electron chi connectivity index (χ0n) is 14.4. The van der Waals surface area contributed by atoms with Crippen molar-refractivity contribution in [2.24, 2.45) is 0 Å². The zero-order valence-corrected chi connectivity index (χ0v) is 14.4. The number of methoxy groups -OCH3 is 1. The number of hydrogen-bond acceptors (Lipinski definition) is 2. The van der Waals surface area contributed by atoms with Crippen molar-refractivity contribution < 1.29 is 9.53 Å². The molecule has 0 heterocycles. The van der Waals surface area contributed by atoms with Gasteiger partial charge >= 0.3 is 0 Å². The highest BCUT2D eigenvalue weighted by Crippen LogP contribution is 2.34. The molecular formula is C21H25NO2. The van der Waals surface area contributed by atoms with Crippen LogP contribution in [0, 0.1) is 0 Å². The average molecular weight is 323 g/mol. The van der Waals surface area contributed by atoms with Crippen LogP contribution in [-0.4, -0.2) is 31.0 Å². The Morgan fingerprint density at radius 1 is 1.00 bits per heavy atom. The number of carbonyl (C=O) groups excluding carboxylic acids is 1. The van der Waals surface area contributed by atoms with E-state index in [1.165, 1.54) is 5.56 Å². The van der Waals surface area contributed by atoms with E-state index in [0.717, 1.165) is 31.4 Å². The van der Waals surface area contributed by atoms with E-state index in [0.29, 0.717) is 17.5 Å². The van der Waals surface area contributed by atoms with Gasteiger partial charge in [0.2, 0.25) is 0 Å². The van der Waals surface area contributed by atoms with Crippen molar-refractivity contribution in [2.75, 3.05) is 14.2 Å². The van der Waals surface area contributed by atoms with Crippen LogP contribution in [0.5, 0.6) is 5.75 Å². The molecule has 0 unspecified atom stereocenters. The number of nitrogens with zero attached hydrogens (tertiary/aromatic N) is 1. The van der Waals surface area contributed by atoms with Crippen molar-refractivity contribution >= 4 is 5.91 Å². The molecule has 0 radical (unpaired) electrons. The fourth-order valence-electron chi connectivity index (χ4n) is 3.65. The predicted octanol–water partition coefficient (Wildman–Crippen LogP) is 4.49. The molecule has 1 aliphatic rings. The van der Waals surface area contributed by atoms with Crippen LogP contribution >= 0.6 is 0 Å². The Hall–Kier alpha value is -2.29. The molecule has 1 fully saturated rings. The third kappa shape index (κ3) is 3.61. The maximum Gasteiger partial charge on any atom is 0.253 e. The van der Waals surface area contributed by atoms with Crippen LogP contribution in [-0.2, 0) is 0 Å². The second-order valence-electron chi connectivity index (χ2n) is 6.56. The summed E-state index contributed by atoms with van der Waals surface area (Å²) in [5.74, 6) is 1.43. The molecule has 0 aliphatic heterocycles. The lowest BCUT2D eigenvalue weighted by molar-refractivity contribution is 0.0689. The summed E-state index contributed by atoms with van der Waals surface area (Å²) in [6.07, 6.45) is 4.41. The molecule has 0 bridgehead atoms. The molecular weight excluding hydrogens is 298 g/mol. The number of rotatable bonds is 4. The van der Waals surface area contributed by atoms with Crippen LogP contribution < -0.4 is 4.74 Å². The van der Waals surface area contributed by atoms with Gasteiger partial charge in [-0.15, -0.1) is 0 Å². The van der Waals surface area contributed by atoms with Gasteiger partial charge in [-0.2, -0.15) is 0 Å². The van der Waals surface area contributed by atoms with Gasteiger partial charge in [-0.25, -0.2) is 0 Å². The second-order valence-corrected chi connectivity index (χ2v) is 6.56. The van der Waals surface area contributed by atoms with Crippen molar-refractivity contribution in [1.29, 1.82) is 0 Å². The molecule has 0 N–H and O–H groups in total. The van der Waals surface area contributed by atoms with E-state index in [9.17, 15) is 4.79 Å². The standard InChI is InChI=1S/C21H25NO2/c1-22(21(23)18-9-6-10-20(15-18)24-2)19-13-11-17(12-14-19)16-7-4-3-5-8-16/h3-10,15,17,19H,11-14H2,1-2H3. The van der Waals surface area contributed by atoms with Gasteiger partial charge in [-0.3, -0.25) is 4.79 Å². The summed E-state index contributed by atoms with van der Waals surface area (Å²) in [5, 5.41) is 0. The van der Waals surface area contributed by atoms with Crippen LogP contribution in [0.1, 0.15) is 47.5 Å². The lowest BCUT2D eigenvalue weighted by Gasteiger charge is -2.35. The fourth-order valence-corrected chi connectivity index (χ4v) is 3.65. The molecule has 1 saturated carbocycles. The molecule has 1 amide bonds. The maximum atomic E-state index is 12.7. The van der Waals surface area contributed by atoms with Crippen LogP contribution in [0.15, 0.2) is 54.6 Å². The van der Waals surface area contributed by atoms with Gasteiger partial charge in [0, 0.05) is 18.7 Å². The third-order valence-corrected chi connectivity index (χ3v) is 5.15. The van der Waals surface area contributed by atoms with Crippen molar-refractivity contribution in [3.8, 4) is 5.75 Å². The number of amides is 1. The van der Waals surface area contributed by atoms with Gasteiger partial charge < -0.3 is 9.64 Å². The number of hydrogen-bond donors (Lipinski definition) is 0. The Balaban J connectivity index is 1.62. The van der Waals surface area contributed by atoms with E-state index in [4.69, 9.17) is 4.74 Å². The minimum atomic E-state index is 0.0806. The van der Waals surface area contributed by atoms with E-state index in [-0.39, 0.29) is 5.91 Å². The van der Waals surface area contributed by atoms with Crippen LogP contribution in [0.4, 0.5) is 0 Å². The maximum absolute atomic E-state index is 12.7. The van der Waals surface area contributed by atoms with Crippen molar-refractivity contribution in [1.82, 2.24) is 4.90 Å². The van der Waals surface area contributed by atoms with Crippen molar-refractivity contribution in [3.63, 3.8) is 0 Å². The van der Waals surface area contributed by atoms with Gasteiger partial charge in [0.1, 0.15) is 5.75 Å². The van der Waals surface area contributed by atoms with Gasteiger partial charge in [0.25, 0.3) is 5.91 Å². The Kier molecular flexibility index (Phi) is 5.19. The van der Waals surface area contributed by atoms with Gasteiger partial charge in [0.15, 0.2) is 0 Å². The molecule has 0 spiro atoms. The predicted molar refractivity (Wildman–Crippen MR) is 96.5 cm³/mol. The average Bonchev–Trinajstić information content (AvgIpc) is 2.67. The molecule has 3 rings (SSSR count). The summed E-state index contributed by atoms with van der Waals surface area (Å²) >= 11 is 0. The number of carbonyl (C=O) groups is 1. The quantitative estimate of drug-likeness (QED) is 0.829. The van der Waals surface area contributed by atoms with Crippen LogP contribution in [0.25, 0.3) is 0 Å². The van der Waals surface area contributed by atoms with Crippen LogP contribution in [0.2, 0.25) is 0 Å². The van der Waals surface area contributed by atoms with E-state index in [2.05, 4.69) is 30.3 Å². The third-order valence-electron chi connectivity index (χ3n) is 5.15. The number of ether oxygens (including phenoxy) is 1. The van der Waals surface area contributed by atoms with Gasteiger partial charge in [-0.1, -0.05) is 36.4 Å². The molecule has 0 atom stereocenters. The summed E-state index contributed by atoms with van der Waals surface area (Å²) in [4.78, 5) is 14.6. The first-order chi connectivity index (χ1) is 11.7. The lowest BCUT2D eigenvalue weighted by atomic mass is 9.81. The van der Waals surface area contributed by atoms with Crippen molar-refractivity contribution in [2.45, 2.75) is 37.6 Å². The highest BCUT2D eigenvalue weighted by Gasteiger charge is 2.27. The molecule has 24 heavy (non-hydrogen) atoms. The molecule has 2 aromatic carbocycles. The van der Waals surface area contributed by atoms with E-state index < -0.39 is 0 Å². The Bertz CT molecular complexity index is 675. The van der Waals surface area contributed by atoms with Crippen LogP contribution in [0.3, 0.4) is 0 Å². The normalized spacial score (nSPS) is 20.4. The molecule has 0 aromatic heterocycles. The highest BCUT2D eigenvalue weighted by molar-refractivity contribution is 5.94. The van der Waals surface area contributed by atoms with E-state index >= 15 is 0 Å². The summed E-state index contributed by atoms with van der Waals surface area (Å²) in [6.45, 7) is 0. The SMILES string of the molecule is COc1cccc(C(=O)N(C)C2CCC(c3ccccc3)CC2)c1. The van der Waals surface area contributed by atoms with Gasteiger partial charge in [0.05, 0.1) is 7.11 Å². The Labute approximate surface area is 144 Å². The van der Waals surface area contributed by atoms with Gasteiger partial charge in [-0.05, 0) is 55.4 Å². The summed E-state index contributed by atoms with van der Waals surface area (Å²) in [5.41, 5.74) is 2.12. The molecule has 3 nitrogen and oxygen atoms in total. The van der Waals surface area contributed by atoms with E-state index in [1.54, 1.807) is 7.11 Å². The monoisotopic (exact) mass is 323 g/mol. The zero-order chi connectivity index (χ0) is 16.9. The topological polar surface area (TPSA) is 29.5 Å². The fraction of sp³-hybridized carbons (Fsp3) is 0.381. The minimum Gasteiger partial charge on any atom is -0.497 e. The molecule has 0 saturated heterocycles. The first kappa shape index (κ1) is 16.6. The summed E-state index contributed by atoms with van der Waals surface area (Å²) < 4.78 is 5.22. The largest absolute Gasteiger partial charge is 0.497 e. The molecule has 126 valence electrons. The van der Waals surface area contributed by atoms with E-state index in [1.807, 2.05) is 36.2 Å². The first-order valence-electron chi connectivity index (χ1n) is 8.65. The molecule has 3 heteroatoms. The number of benzene rings is 2. The summed E-state index contributed by atoms with van der Waals surface area (Å²) in [6, 6.07) is 18.4. The Morgan fingerprint density at radius 3 is 2.38 bits per heavy atom. The summed E-state index contributed by atoms with van der Waals surface area (Å²) in [7, 11) is 3.55.